The van der Waals surface area contributed by atoms with Crippen molar-refractivity contribution in [1.82, 2.24) is 4.90 Å². The predicted molar refractivity (Wildman–Crippen MR) is 134 cm³/mol. The lowest BCUT2D eigenvalue weighted by molar-refractivity contribution is -0.139. The first-order chi connectivity index (χ1) is 13.4. The van der Waals surface area contributed by atoms with Crippen molar-refractivity contribution in [3.63, 3.8) is 0 Å². The minimum absolute atomic E-state index is 0.0497. The molecule has 176 valence electrons. The van der Waals surface area contributed by atoms with Crippen LogP contribution in [0.25, 0.3) is 0 Å². The molecule has 4 nitrogen and oxygen atoms in total. The second kappa shape index (κ2) is 10.0. The summed E-state index contributed by atoms with van der Waals surface area (Å²) < 4.78 is 13.1. The van der Waals surface area contributed by atoms with Gasteiger partial charge in [0.25, 0.3) is 0 Å². The standard InChI is InChI=1S/C24H49NO3Si2/c1-13-14-19(2)22(26)25-20(17-27-29(9,10)23(3,4)5)15-16-21(25)18-28-30(11,12)24(6,7)8/h13,19-21H,1,14-18H2,2-12H3/t19-,20+,21+/m0/s1. The molecule has 6 heteroatoms. The van der Waals surface area contributed by atoms with Crippen LogP contribution in [0.1, 0.15) is 67.7 Å². The maximum Gasteiger partial charge on any atom is 0.226 e. The molecule has 0 bridgehead atoms. The zero-order valence-electron chi connectivity index (χ0n) is 21.7. The molecule has 0 radical (unpaired) electrons. The van der Waals surface area contributed by atoms with Crippen molar-refractivity contribution >= 4 is 22.5 Å². The van der Waals surface area contributed by atoms with Gasteiger partial charge in [0.1, 0.15) is 0 Å². The van der Waals surface area contributed by atoms with Gasteiger partial charge in [0.2, 0.25) is 5.91 Å². The van der Waals surface area contributed by atoms with Gasteiger partial charge in [0.05, 0.1) is 25.3 Å². The van der Waals surface area contributed by atoms with Crippen LogP contribution in [0, 0.1) is 5.92 Å². The molecule has 1 saturated heterocycles. The topological polar surface area (TPSA) is 38.8 Å². The van der Waals surface area contributed by atoms with Crippen LogP contribution < -0.4 is 0 Å². The van der Waals surface area contributed by atoms with Crippen LogP contribution in [0.4, 0.5) is 0 Å². The zero-order chi connectivity index (χ0) is 23.5. The van der Waals surface area contributed by atoms with E-state index in [4.69, 9.17) is 8.85 Å². The predicted octanol–water partition coefficient (Wildman–Crippen LogP) is 6.60. The van der Waals surface area contributed by atoms with Crippen molar-refractivity contribution in [2.45, 2.75) is 116 Å². The van der Waals surface area contributed by atoms with Crippen LogP contribution in [-0.2, 0) is 13.6 Å². The number of rotatable bonds is 9. The molecule has 0 saturated carbocycles. The lowest BCUT2D eigenvalue weighted by atomic mass is 10.1. The van der Waals surface area contributed by atoms with Gasteiger partial charge in [-0.15, -0.1) is 6.58 Å². The number of nitrogens with zero attached hydrogens (tertiary/aromatic N) is 1. The maximum absolute atomic E-state index is 13.4. The fourth-order valence-corrected chi connectivity index (χ4v) is 5.38. The number of carbonyl (C=O) groups is 1. The average molecular weight is 456 g/mol. The molecular weight excluding hydrogens is 406 g/mol. The number of likely N-dealkylation sites (tertiary alicyclic amines) is 1. The molecule has 0 unspecified atom stereocenters. The van der Waals surface area contributed by atoms with Gasteiger partial charge in [-0.25, -0.2) is 0 Å². The van der Waals surface area contributed by atoms with Crippen LogP contribution >= 0.6 is 0 Å². The van der Waals surface area contributed by atoms with Gasteiger partial charge >= 0.3 is 0 Å². The van der Waals surface area contributed by atoms with Crippen molar-refractivity contribution in [3.05, 3.63) is 12.7 Å². The molecule has 1 rings (SSSR count). The minimum Gasteiger partial charge on any atom is -0.415 e. The molecule has 0 N–H and O–H groups in total. The molecule has 3 atom stereocenters. The Kier molecular flexibility index (Phi) is 9.21. The molecule has 1 heterocycles. The molecule has 0 spiro atoms. The first-order valence-electron chi connectivity index (χ1n) is 11.7. The normalized spacial score (nSPS) is 22.3. The molecule has 1 fully saturated rings. The van der Waals surface area contributed by atoms with E-state index in [0.717, 1.165) is 12.8 Å². The van der Waals surface area contributed by atoms with Gasteiger partial charge in [0.15, 0.2) is 16.6 Å². The quantitative estimate of drug-likeness (QED) is 0.290. The molecule has 0 aromatic carbocycles. The summed E-state index contributed by atoms with van der Waals surface area (Å²) in [5.74, 6) is 0.173. The molecule has 0 aliphatic carbocycles. The van der Waals surface area contributed by atoms with Gasteiger partial charge in [0, 0.05) is 5.92 Å². The number of amides is 1. The van der Waals surface area contributed by atoms with E-state index in [0.29, 0.717) is 19.6 Å². The number of hydrogen-bond acceptors (Lipinski definition) is 3. The lowest BCUT2D eigenvalue weighted by Gasteiger charge is -2.40. The van der Waals surface area contributed by atoms with E-state index in [2.05, 4.69) is 79.2 Å². The minimum atomic E-state index is -1.85. The third-order valence-electron chi connectivity index (χ3n) is 7.70. The van der Waals surface area contributed by atoms with Crippen molar-refractivity contribution in [2.24, 2.45) is 5.92 Å². The number of hydrogen-bond donors (Lipinski definition) is 0. The maximum atomic E-state index is 13.4. The molecule has 30 heavy (non-hydrogen) atoms. The Morgan fingerprint density at radius 1 is 0.967 bits per heavy atom. The summed E-state index contributed by atoms with van der Waals surface area (Å²) in [4.78, 5) is 15.5. The van der Waals surface area contributed by atoms with E-state index >= 15 is 0 Å². The van der Waals surface area contributed by atoms with Gasteiger partial charge < -0.3 is 13.8 Å². The van der Waals surface area contributed by atoms with Gasteiger partial charge in [-0.2, -0.15) is 0 Å². The SMILES string of the molecule is C=CC[C@H](C)C(=O)N1[C@@H](CO[Si](C)(C)C(C)(C)C)CC[C@@H]1CO[Si](C)(C)C(C)(C)C. The first-order valence-corrected chi connectivity index (χ1v) is 17.5. The summed E-state index contributed by atoms with van der Waals surface area (Å²) in [6.45, 7) is 29.8. The summed E-state index contributed by atoms with van der Waals surface area (Å²) in [5.41, 5.74) is 0. The largest absolute Gasteiger partial charge is 0.415 e. The van der Waals surface area contributed by atoms with E-state index < -0.39 is 16.6 Å². The molecular formula is C24H49NO3Si2. The van der Waals surface area contributed by atoms with E-state index in [1.165, 1.54) is 0 Å². The number of carbonyl (C=O) groups excluding carboxylic acids is 1. The van der Waals surface area contributed by atoms with Crippen molar-refractivity contribution in [2.75, 3.05) is 13.2 Å². The van der Waals surface area contributed by atoms with E-state index in [1.807, 2.05) is 13.0 Å². The van der Waals surface area contributed by atoms with Crippen LogP contribution in [0.3, 0.4) is 0 Å². The molecule has 0 aromatic heterocycles. The summed E-state index contributed by atoms with van der Waals surface area (Å²) in [7, 11) is -3.71. The van der Waals surface area contributed by atoms with Crippen LogP contribution in [0.15, 0.2) is 12.7 Å². The van der Waals surface area contributed by atoms with Crippen molar-refractivity contribution < 1.29 is 13.6 Å². The van der Waals surface area contributed by atoms with E-state index in [-0.39, 0.29) is 34.0 Å². The molecule has 0 aromatic rings. The van der Waals surface area contributed by atoms with Gasteiger partial charge in [-0.3, -0.25) is 4.79 Å². The van der Waals surface area contributed by atoms with Crippen LogP contribution in [0.5, 0.6) is 0 Å². The highest BCUT2D eigenvalue weighted by Gasteiger charge is 2.44. The van der Waals surface area contributed by atoms with Gasteiger partial charge in [-0.1, -0.05) is 54.5 Å². The van der Waals surface area contributed by atoms with Gasteiger partial charge in [-0.05, 0) is 55.5 Å². The van der Waals surface area contributed by atoms with Crippen molar-refractivity contribution in [1.29, 1.82) is 0 Å². The first kappa shape index (κ1) is 27.6. The molecule has 1 amide bonds. The summed E-state index contributed by atoms with van der Waals surface area (Å²) in [6, 6.07) is 0.291. The fourth-order valence-electron chi connectivity index (χ4n) is 3.30. The van der Waals surface area contributed by atoms with Crippen LogP contribution in [-0.4, -0.2) is 52.7 Å². The summed E-state index contributed by atoms with van der Waals surface area (Å²) >= 11 is 0. The van der Waals surface area contributed by atoms with Crippen LogP contribution in [0.2, 0.25) is 36.3 Å². The van der Waals surface area contributed by atoms with E-state index in [9.17, 15) is 4.79 Å². The molecule has 1 aliphatic heterocycles. The third-order valence-corrected chi connectivity index (χ3v) is 16.7. The van der Waals surface area contributed by atoms with E-state index in [1.54, 1.807) is 0 Å². The Bertz CT molecular complexity index is 552. The Morgan fingerprint density at radius 2 is 1.33 bits per heavy atom. The Balaban J connectivity index is 2.99. The highest BCUT2D eigenvalue weighted by Crippen LogP contribution is 2.39. The lowest BCUT2D eigenvalue weighted by Crippen LogP contribution is -2.51. The third kappa shape index (κ3) is 6.78. The highest BCUT2D eigenvalue weighted by molar-refractivity contribution is 6.74. The number of allylic oxidation sites excluding steroid dienone is 1. The fraction of sp³-hybridized carbons (Fsp3) is 0.875. The summed E-state index contributed by atoms with van der Waals surface area (Å²) in [6.07, 6.45) is 4.54. The second-order valence-corrected chi connectivity index (χ2v) is 21.8. The highest BCUT2D eigenvalue weighted by atomic mass is 28.4. The Labute approximate surface area is 189 Å². The monoisotopic (exact) mass is 455 g/mol. The second-order valence-electron chi connectivity index (χ2n) is 12.2. The average Bonchev–Trinajstić information content (AvgIpc) is 2.98. The van der Waals surface area contributed by atoms with Crippen molar-refractivity contribution in [3.8, 4) is 0 Å². The molecule has 1 aliphatic rings. The Morgan fingerprint density at radius 3 is 1.63 bits per heavy atom. The Hall–Kier alpha value is -0.436. The smallest absolute Gasteiger partial charge is 0.226 e. The summed E-state index contributed by atoms with van der Waals surface area (Å²) in [5, 5.41) is 0.336. The zero-order valence-corrected chi connectivity index (χ0v) is 23.7.